The molecule has 0 spiro atoms. The lowest BCUT2D eigenvalue weighted by atomic mass is 10.0. The Balaban J connectivity index is 1.65. The van der Waals surface area contributed by atoms with Gasteiger partial charge in [-0.1, -0.05) is 23.4 Å². The molecule has 0 aromatic carbocycles. The number of carbonyl (C=O) groups is 1. The van der Waals surface area contributed by atoms with Gasteiger partial charge in [0.15, 0.2) is 5.78 Å². The van der Waals surface area contributed by atoms with Crippen LogP contribution in [0.4, 0.5) is 0 Å². The molecule has 0 aliphatic heterocycles. The van der Waals surface area contributed by atoms with Gasteiger partial charge in [-0.2, -0.15) is 5.10 Å². The van der Waals surface area contributed by atoms with Crippen molar-refractivity contribution in [3.8, 4) is 0 Å². The van der Waals surface area contributed by atoms with Gasteiger partial charge in [-0.3, -0.25) is 4.79 Å². The van der Waals surface area contributed by atoms with E-state index in [4.69, 9.17) is 11.6 Å². The maximum absolute atomic E-state index is 12.0. The molecule has 0 atom stereocenters. The molecular weight excluding hydrogens is 314 g/mol. The first-order valence-electron chi connectivity index (χ1n) is 6.36. The Hall–Kier alpha value is -0.980. The molecule has 0 saturated carbocycles. The number of halogens is 1. The van der Waals surface area contributed by atoms with E-state index in [2.05, 4.69) is 15.2 Å². The zero-order valence-corrected chi connectivity index (χ0v) is 13.0. The molecule has 0 N–H and O–H groups in total. The van der Waals surface area contributed by atoms with Gasteiger partial charge in [-0.05, 0) is 37.8 Å². The van der Waals surface area contributed by atoms with Crippen molar-refractivity contribution in [2.75, 3.05) is 5.75 Å². The molecule has 2 heterocycles. The fraction of sp³-hybridized carbons (Fsp3) is 0.385. The van der Waals surface area contributed by atoms with Crippen LogP contribution in [0.25, 0.3) is 0 Å². The van der Waals surface area contributed by atoms with E-state index in [1.165, 1.54) is 23.1 Å². The Kier molecular flexibility index (Phi) is 4.33. The minimum atomic E-state index is 0.0493. The molecule has 0 unspecified atom stereocenters. The first kappa shape index (κ1) is 14.0. The number of ketones is 1. The molecule has 0 bridgehead atoms. The normalized spacial score (nSPS) is 14.1. The second-order valence-electron chi connectivity index (χ2n) is 4.51. The number of aryl methyl sites for hydroxylation is 2. The number of Topliss-reactive ketones (excluding diaryl/α,β-unsaturated/α-hetero) is 1. The molecule has 0 radical (unpaired) electrons. The van der Waals surface area contributed by atoms with Crippen LogP contribution in [-0.2, 0) is 12.8 Å². The van der Waals surface area contributed by atoms with Crippen molar-refractivity contribution in [3.63, 3.8) is 0 Å². The van der Waals surface area contributed by atoms with Crippen molar-refractivity contribution >= 4 is 40.5 Å². The van der Waals surface area contributed by atoms with Gasteiger partial charge in [0.05, 0.1) is 26.4 Å². The molecule has 3 rings (SSSR count). The quantitative estimate of drug-likeness (QED) is 0.636. The molecule has 104 valence electrons. The lowest BCUT2D eigenvalue weighted by molar-refractivity contribution is 0.102. The van der Waals surface area contributed by atoms with Gasteiger partial charge in [0, 0.05) is 0 Å². The van der Waals surface area contributed by atoms with Crippen molar-refractivity contribution < 1.29 is 4.79 Å². The Morgan fingerprint density at radius 2 is 2.05 bits per heavy atom. The summed E-state index contributed by atoms with van der Waals surface area (Å²) in [4.78, 5) is 17.1. The van der Waals surface area contributed by atoms with E-state index < -0.39 is 0 Å². The van der Waals surface area contributed by atoms with E-state index in [0.717, 1.165) is 37.1 Å². The van der Waals surface area contributed by atoms with E-state index >= 15 is 0 Å². The fourth-order valence-electron chi connectivity index (χ4n) is 2.07. The molecule has 1 aliphatic rings. The molecule has 2 aromatic rings. The van der Waals surface area contributed by atoms with Crippen LogP contribution >= 0.6 is 34.7 Å². The number of thioether (sulfide) groups is 1. The standard InChI is InChI=1S/C13H12ClN3OS2/c14-12-6-5-11(20-12)10(18)7-19-13-15-8-3-1-2-4-9(8)16-17-13/h5-6H,1-4,7H2. The number of fused-ring (bicyclic) bond motifs is 1. The third-order valence-corrected chi connectivity index (χ3v) is 5.19. The topological polar surface area (TPSA) is 55.7 Å². The molecule has 0 fully saturated rings. The molecular formula is C13H12ClN3OS2. The van der Waals surface area contributed by atoms with Crippen molar-refractivity contribution in [2.24, 2.45) is 0 Å². The molecule has 2 aromatic heterocycles. The van der Waals surface area contributed by atoms with Gasteiger partial charge >= 0.3 is 0 Å². The van der Waals surface area contributed by atoms with Crippen LogP contribution < -0.4 is 0 Å². The van der Waals surface area contributed by atoms with Crippen molar-refractivity contribution in [3.05, 3.63) is 32.7 Å². The number of hydrogen-bond acceptors (Lipinski definition) is 6. The third kappa shape index (κ3) is 3.19. The second-order valence-corrected chi connectivity index (χ2v) is 7.17. The van der Waals surface area contributed by atoms with Crippen LogP contribution in [0, 0.1) is 0 Å². The molecule has 0 saturated heterocycles. The maximum atomic E-state index is 12.0. The lowest BCUT2D eigenvalue weighted by Gasteiger charge is -2.12. The number of thiophene rings is 1. The van der Waals surface area contributed by atoms with Crippen LogP contribution in [0.5, 0.6) is 0 Å². The van der Waals surface area contributed by atoms with Crippen LogP contribution in [0.1, 0.15) is 33.9 Å². The summed E-state index contributed by atoms with van der Waals surface area (Å²) in [6.07, 6.45) is 4.25. The summed E-state index contributed by atoms with van der Waals surface area (Å²) in [6, 6.07) is 3.49. The number of carbonyl (C=O) groups excluding carboxylic acids is 1. The number of nitrogens with zero attached hydrogens (tertiary/aromatic N) is 3. The highest BCUT2D eigenvalue weighted by Crippen LogP contribution is 2.24. The predicted molar refractivity (Wildman–Crippen MR) is 80.9 cm³/mol. The van der Waals surface area contributed by atoms with Gasteiger partial charge in [-0.25, -0.2) is 4.98 Å². The Bertz CT molecular complexity index is 644. The molecule has 0 amide bonds. The van der Waals surface area contributed by atoms with Crippen LogP contribution in [-0.4, -0.2) is 26.7 Å². The number of hydrogen-bond donors (Lipinski definition) is 0. The van der Waals surface area contributed by atoms with Gasteiger partial charge in [0.1, 0.15) is 0 Å². The maximum Gasteiger partial charge on any atom is 0.209 e. The average Bonchev–Trinajstić information content (AvgIpc) is 2.91. The van der Waals surface area contributed by atoms with E-state index in [1.54, 1.807) is 12.1 Å². The van der Waals surface area contributed by atoms with Gasteiger partial charge in [0.2, 0.25) is 5.16 Å². The zero-order valence-electron chi connectivity index (χ0n) is 10.6. The first-order chi connectivity index (χ1) is 9.72. The Morgan fingerprint density at radius 1 is 1.25 bits per heavy atom. The van der Waals surface area contributed by atoms with Gasteiger partial charge in [-0.15, -0.1) is 16.4 Å². The Morgan fingerprint density at radius 3 is 2.80 bits per heavy atom. The number of rotatable bonds is 4. The lowest BCUT2D eigenvalue weighted by Crippen LogP contribution is -2.11. The number of aromatic nitrogens is 3. The summed E-state index contributed by atoms with van der Waals surface area (Å²) in [5.74, 6) is 0.366. The highest BCUT2D eigenvalue weighted by Gasteiger charge is 2.15. The summed E-state index contributed by atoms with van der Waals surface area (Å²) < 4.78 is 0.630. The largest absolute Gasteiger partial charge is 0.292 e. The summed E-state index contributed by atoms with van der Waals surface area (Å²) in [7, 11) is 0. The SMILES string of the molecule is O=C(CSc1nnc2c(n1)CCCC2)c1ccc(Cl)s1. The van der Waals surface area contributed by atoms with Crippen LogP contribution in [0.3, 0.4) is 0 Å². The first-order valence-corrected chi connectivity index (χ1v) is 8.54. The second kappa shape index (κ2) is 6.20. The fourth-order valence-corrected chi connectivity index (χ4v) is 3.83. The predicted octanol–water partition coefficient (Wildman–Crippen LogP) is 3.44. The van der Waals surface area contributed by atoms with Crippen molar-refractivity contribution in [2.45, 2.75) is 30.8 Å². The Labute approximate surface area is 130 Å². The van der Waals surface area contributed by atoms with Crippen molar-refractivity contribution in [1.29, 1.82) is 0 Å². The monoisotopic (exact) mass is 325 g/mol. The van der Waals surface area contributed by atoms with E-state index in [0.29, 0.717) is 20.1 Å². The van der Waals surface area contributed by atoms with E-state index in [9.17, 15) is 4.79 Å². The van der Waals surface area contributed by atoms with Crippen molar-refractivity contribution in [1.82, 2.24) is 15.2 Å². The smallest absolute Gasteiger partial charge is 0.209 e. The zero-order chi connectivity index (χ0) is 13.9. The van der Waals surface area contributed by atoms with E-state index in [1.807, 2.05) is 0 Å². The summed E-state index contributed by atoms with van der Waals surface area (Å²) >= 11 is 8.46. The van der Waals surface area contributed by atoms with Crippen LogP contribution in [0.15, 0.2) is 17.3 Å². The van der Waals surface area contributed by atoms with Crippen LogP contribution in [0.2, 0.25) is 4.34 Å². The minimum Gasteiger partial charge on any atom is -0.292 e. The highest BCUT2D eigenvalue weighted by atomic mass is 35.5. The molecule has 4 nitrogen and oxygen atoms in total. The molecule has 1 aliphatic carbocycles. The minimum absolute atomic E-state index is 0.0493. The third-order valence-electron chi connectivity index (χ3n) is 3.08. The summed E-state index contributed by atoms with van der Waals surface area (Å²) in [6.45, 7) is 0. The highest BCUT2D eigenvalue weighted by molar-refractivity contribution is 7.99. The molecule has 20 heavy (non-hydrogen) atoms. The summed E-state index contributed by atoms with van der Waals surface area (Å²) in [5, 5.41) is 8.89. The average molecular weight is 326 g/mol. The van der Waals surface area contributed by atoms with Gasteiger partial charge < -0.3 is 0 Å². The molecule has 7 heteroatoms. The van der Waals surface area contributed by atoms with Gasteiger partial charge in [0.25, 0.3) is 0 Å². The summed E-state index contributed by atoms with van der Waals surface area (Å²) in [5.41, 5.74) is 2.05. The van der Waals surface area contributed by atoms with E-state index in [-0.39, 0.29) is 5.78 Å².